The maximum absolute atomic E-state index is 11.1. The molecule has 0 aromatic rings. The first-order valence-electron chi connectivity index (χ1n) is 5.32. The monoisotopic (exact) mass is 216 g/mol. The van der Waals surface area contributed by atoms with E-state index in [-0.39, 0.29) is 18.0 Å². The molecule has 0 aromatic carbocycles. The molecule has 0 aromatic heterocycles. The highest BCUT2D eigenvalue weighted by molar-refractivity contribution is 5.69. The van der Waals surface area contributed by atoms with Crippen LogP contribution in [0.25, 0.3) is 0 Å². The van der Waals surface area contributed by atoms with Gasteiger partial charge in [0, 0.05) is 12.8 Å². The van der Waals surface area contributed by atoms with E-state index in [1.54, 1.807) is 0 Å². The second-order valence-corrected chi connectivity index (χ2v) is 3.68. The van der Waals surface area contributed by atoms with Crippen LogP contribution < -0.4 is 0 Å². The van der Waals surface area contributed by atoms with Crippen LogP contribution in [0.2, 0.25) is 0 Å². The highest BCUT2D eigenvalue weighted by atomic mass is 16.5. The van der Waals surface area contributed by atoms with Gasteiger partial charge in [-0.25, -0.2) is 0 Å². The maximum Gasteiger partial charge on any atom is 0.306 e. The Hall–Kier alpha value is -1.06. The number of hydrogen-bond acceptors (Lipinski definition) is 4. The minimum atomic E-state index is -0.195. The highest BCUT2D eigenvalue weighted by Crippen LogP contribution is 2.05. The van der Waals surface area contributed by atoms with E-state index in [0.29, 0.717) is 12.8 Å². The molecule has 0 aliphatic heterocycles. The van der Waals surface area contributed by atoms with Crippen LogP contribution in [0.3, 0.4) is 0 Å². The topological polar surface area (TPSA) is 52.6 Å². The standard InChI is InChI=1S/C11H20O4/c1-9(2)15-11(13)8-6-4-5-7-10(12)14-3/h9H,4-8H2,1-3H3. The Labute approximate surface area is 90.9 Å². The summed E-state index contributed by atoms with van der Waals surface area (Å²) < 4.78 is 9.47. The minimum Gasteiger partial charge on any atom is -0.469 e. The molecule has 0 amide bonds. The lowest BCUT2D eigenvalue weighted by Gasteiger charge is -2.07. The van der Waals surface area contributed by atoms with Crippen LogP contribution in [0, 0.1) is 0 Å². The smallest absolute Gasteiger partial charge is 0.306 e. The second-order valence-electron chi connectivity index (χ2n) is 3.68. The molecule has 0 heterocycles. The van der Waals surface area contributed by atoms with Crippen molar-refractivity contribution in [1.82, 2.24) is 0 Å². The van der Waals surface area contributed by atoms with Gasteiger partial charge in [0.25, 0.3) is 0 Å². The van der Waals surface area contributed by atoms with Crippen LogP contribution in [-0.4, -0.2) is 25.2 Å². The van der Waals surface area contributed by atoms with E-state index in [2.05, 4.69) is 4.74 Å². The average Bonchev–Trinajstić information content (AvgIpc) is 2.15. The van der Waals surface area contributed by atoms with E-state index in [4.69, 9.17) is 4.74 Å². The summed E-state index contributed by atoms with van der Waals surface area (Å²) in [7, 11) is 1.38. The number of hydrogen-bond donors (Lipinski definition) is 0. The molecule has 0 aliphatic carbocycles. The van der Waals surface area contributed by atoms with E-state index in [1.165, 1.54) is 7.11 Å². The zero-order chi connectivity index (χ0) is 11.7. The zero-order valence-electron chi connectivity index (χ0n) is 9.75. The second kappa shape index (κ2) is 8.26. The number of methoxy groups -OCH3 is 1. The lowest BCUT2D eigenvalue weighted by molar-refractivity contribution is -0.147. The van der Waals surface area contributed by atoms with E-state index in [1.807, 2.05) is 13.8 Å². The summed E-state index contributed by atoms with van der Waals surface area (Å²) in [6.45, 7) is 3.66. The molecule has 0 rings (SSSR count). The molecule has 0 spiro atoms. The summed E-state index contributed by atoms with van der Waals surface area (Å²) >= 11 is 0. The van der Waals surface area contributed by atoms with Gasteiger partial charge in [0.1, 0.15) is 0 Å². The molecule has 0 saturated heterocycles. The predicted octanol–water partition coefficient (Wildman–Crippen LogP) is 2.06. The lowest BCUT2D eigenvalue weighted by atomic mass is 10.1. The fourth-order valence-corrected chi connectivity index (χ4v) is 1.14. The fraction of sp³-hybridized carbons (Fsp3) is 0.818. The average molecular weight is 216 g/mol. The van der Waals surface area contributed by atoms with Gasteiger partial charge in [0.05, 0.1) is 13.2 Å². The molecule has 15 heavy (non-hydrogen) atoms. The van der Waals surface area contributed by atoms with E-state index < -0.39 is 0 Å². The van der Waals surface area contributed by atoms with Gasteiger partial charge in [0.15, 0.2) is 0 Å². The lowest BCUT2D eigenvalue weighted by Crippen LogP contribution is -2.10. The third-order valence-corrected chi connectivity index (χ3v) is 1.86. The predicted molar refractivity (Wildman–Crippen MR) is 56.3 cm³/mol. The van der Waals surface area contributed by atoms with Crippen molar-refractivity contribution in [2.45, 2.75) is 52.1 Å². The largest absolute Gasteiger partial charge is 0.469 e. The minimum absolute atomic E-state index is 0.0485. The Morgan fingerprint density at radius 2 is 1.53 bits per heavy atom. The van der Waals surface area contributed by atoms with Gasteiger partial charge >= 0.3 is 11.9 Å². The van der Waals surface area contributed by atoms with E-state index in [0.717, 1.165) is 19.3 Å². The molecule has 0 bridgehead atoms. The van der Waals surface area contributed by atoms with Gasteiger partial charge in [0.2, 0.25) is 0 Å². The summed E-state index contributed by atoms with van der Waals surface area (Å²) in [5.74, 6) is -0.358. The van der Waals surface area contributed by atoms with Crippen molar-refractivity contribution in [1.29, 1.82) is 0 Å². The van der Waals surface area contributed by atoms with Gasteiger partial charge in [-0.3, -0.25) is 9.59 Å². The Balaban J connectivity index is 3.31. The van der Waals surface area contributed by atoms with E-state index >= 15 is 0 Å². The fourth-order valence-electron chi connectivity index (χ4n) is 1.14. The first-order valence-corrected chi connectivity index (χ1v) is 5.32. The molecule has 0 unspecified atom stereocenters. The van der Waals surface area contributed by atoms with Gasteiger partial charge in [-0.2, -0.15) is 0 Å². The number of esters is 2. The number of ether oxygens (including phenoxy) is 2. The molecular weight excluding hydrogens is 196 g/mol. The van der Waals surface area contributed by atoms with Crippen LogP contribution in [0.15, 0.2) is 0 Å². The summed E-state index contributed by atoms with van der Waals surface area (Å²) in [5.41, 5.74) is 0. The maximum atomic E-state index is 11.1. The van der Waals surface area contributed by atoms with Crippen molar-refractivity contribution in [3.63, 3.8) is 0 Å². The molecule has 0 atom stereocenters. The molecule has 4 nitrogen and oxygen atoms in total. The number of rotatable bonds is 7. The van der Waals surface area contributed by atoms with Crippen molar-refractivity contribution < 1.29 is 19.1 Å². The quantitative estimate of drug-likeness (QED) is 0.483. The first kappa shape index (κ1) is 13.9. The summed E-state index contributed by atoms with van der Waals surface area (Å²) in [5, 5.41) is 0. The molecule has 0 fully saturated rings. The van der Waals surface area contributed by atoms with Crippen molar-refractivity contribution in [3.8, 4) is 0 Å². The number of carbonyl (C=O) groups is 2. The molecule has 4 heteroatoms. The third kappa shape index (κ3) is 9.25. The normalized spacial score (nSPS) is 10.1. The number of unbranched alkanes of at least 4 members (excludes halogenated alkanes) is 2. The van der Waals surface area contributed by atoms with Crippen LogP contribution >= 0.6 is 0 Å². The van der Waals surface area contributed by atoms with Crippen molar-refractivity contribution in [3.05, 3.63) is 0 Å². The highest BCUT2D eigenvalue weighted by Gasteiger charge is 2.05. The molecule has 88 valence electrons. The summed E-state index contributed by atoms with van der Waals surface area (Å²) in [6, 6.07) is 0. The van der Waals surface area contributed by atoms with Crippen molar-refractivity contribution >= 4 is 11.9 Å². The van der Waals surface area contributed by atoms with Crippen molar-refractivity contribution in [2.24, 2.45) is 0 Å². The Bertz CT molecular complexity index is 199. The molecule has 0 radical (unpaired) electrons. The summed E-state index contributed by atoms with van der Waals surface area (Å²) in [6.07, 6.45) is 3.19. The Morgan fingerprint density at radius 1 is 1.00 bits per heavy atom. The van der Waals surface area contributed by atoms with Crippen LogP contribution in [0.5, 0.6) is 0 Å². The molecule has 0 aliphatic rings. The van der Waals surface area contributed by atoms with Gasteiger partial charge in [-0.05, 0) is 26.7 Å². The van der Waals surface area contributed by atoms with Crippen LogP contribution in [0.4, 0.5) is 0 Å². The third-order valence-electron chi connectivity index (χ3n) is 1.86. The van der Waals surface area contributed by atoms with E-state index in [9.17, 15) is 9.59 Å². The van der Waals surface area contributed by atoms with Crippen LogP contribution in [-0.2, 0) is 19.1 Å². The first-order chi connectivity index (χ1) is 7.06. The summed E-state index contributed by atoms with van der Waals surface area (Å²) in [4.78, 5) is 21.8. The van der Waals surface area contributed by atoms with Gasteiger partial charge in [-0.1, -0.05) is 6.42 Å². The Morgan fingerprint density at radius 3 is 2.00 bits per heavy atom. The SMILES string of the molecule is COC(=O)CCCCCC(=O)OC(C)C. The molecular formula is C11H20O4. The van der Waals surface area contributed by atoms with Gasteiger partial charge in [-0.15, -0.1) is 0 Å². The molecule has 0 N–H and O–H groups in total. The van der Waals surface area contributed by atoms with Crippen molar-refractivity contribution in [2.75, 3.05) is 7.11 Å². The molecule has 0 saturated carbocycles. The van der Waals surface area contributed by atoms with Gasteiger partial charge < -0.3 is 9.47 Å². The van der Waals surface area contributed by atoms with Crippen LogP contribution in [0.1, 0.15) is 46.0 Å². The zero-order valence-corrected chi connectivity index (χ0v) is 9.75. The number of carbonyl (C=O) groups excluding carboxylic acids is 2. The Kier molecular flexibility index (Phi) is 7.68.